The lowest BCUT2D eigenvalue weighted by atomic mass is 10.1. The Bertz CT molecular complexity index is 494. The van der Waals surface area contributed by atoms with Gasteiger partial charge in [0.15, 0.2) is 0 Å². The van der Waals surface area contributed by atoms with Crippen molar-refractivity contribution in [1.29, 1.82) is 0 Å². The van der Waals surface area contributed by atoms with Crippen molar-refractivity contribution >= 4 is 32.5 Å². The average Bonchev–Trinajstić information content (AvgIpc) is 2.24. The Kier molecular flexibility index (Phi) is 2.91. The first-order chi connectivity index (χ1) is 7.24. The van der Waals surface area contributed by atoms with Crippen LogP contribution in [-0.2, 0) is 0 Å². The highest BCUT2D eigenvalue weighted by Crippen LogP contribution is 2.30. The van der Waals surface area contributed by atoms with E-state index in [9.17, 15) is 0 Å². The molecular formula is C12H13BrN2. The number of rotatable bonds is 2. The first kappa shape index (κ1) is 10.4. The van der Waals surface area contributed by atoms with Gasteiger partial charge in [0.25, 0.3) is 0 Å². The molecule has 0 aliphatic rings. The summed E-state index contributed by atoms with van der Waals surface area (Å²) >= 11 is 3.53. The first-order valence-electron chi connectivity index (χ1n) is 5.01. The molecule has 0 fully saturated rings. The molecule has 3 heteroatoms. The van der Waals surface area contributed by atoms with E-state index in [-0.39, 0.29) is 0 Å². The van der Waals surface area contributed by atoms with Gasteiger partial charge < -0.3 is 5.32 Å². The minimum atomic E-state index is 0.922. The number of hydrogen-bond donors (Lipinski definition) is 1. The number of nitrogens with one attached hydrogen (secondary N) is 1. The Morgan fingerprint density at radius 1 is 1.33 bits per heavy atom. The lowest BCUT2D eigenvalue weighted by Gasteiger charge is -2.10. The number of hydrogen-bond acceptors (Lipinski definition) is 2. The van der Waals surface area contributed by atoms with Crippen molar-refractivity contribution in [3.05, 3.63) is 34.4 Å². The number of fused-ring (bicyclic) bond motifs is 1. The SMILES string of the molecule is CCNc1ccnc2c(Br)ccc(C)c12. The van der Waals surface area contributed by atoms with Gasteiger partial charge in [0.2, 0.25) is 0 Å². The summed E-state index contributed by atoms with van der Waals surface area (Å²) in [5.41, 5.74) is 3.42. The summed E-state index contributed by atoms with van der Waals surface area (Å²) in [5, 5.41) is 4.56. The van der Waals surface area contributed by atoms with Gasteiger partial charge in [-0.2, -0.15) is 0 Å². The molecule has 1 aromatic heterocycles. The van der Waals surface area contributed by atoms with Gasteiger partial charge in [-0.1, -0.05) is 6.07 Å². The highest BCUT2D eigenvalue weighted by atomic mass is 79.9. The van der Waals surface area contributed by atoms with Crippen LogP contribution in [0.4, 0.5) is 5.69 Å². The fourth-order valence-corrected chi connectivity index (χ4v) is 2.17. The van der Waals surface area contributed by atoms with Gasteiger partial charge >= 0.3 is 0 Å². The van der Waals surface area contributed by atoms with E-state index in [1.165, 1.54) is 10.9 Å². The molecule has 0 spiro atoms. The van der Waals surface area contributed by atoms with Crippen molar-refractivity contribution in [1.82, 2.24) is 4.98 Å². The number of anilines is 1. The molecule has 0 radical (unpaired) electrons. The fourth-order valence-electron chi connectivity index (χ4n) is 1.74. The topological polar surface area (TPSA) is 24.9 Å². The Labute approximate surface area is 97.8 Å². The van der Waals surface area contributed by atoms with Gasteiger partial charge in [-0.05, 0) is 47.5 Å². The summed E-state index contributed by atoms with van der Waals surface area (Å²) in [4.78, 5) is 4.40. The van der Waals surface area contributed by atoms with Crippen LogP contribution >= 0.6 is 15.9 Å². The van der Waals surface area contributed by atoms with Gasteiger partial charge in [-0.15, -0.1) is 0 Å². The molecule has 2 nitrogen and oxygen atoms in total. The predicted octanol–water partition coefficient (Wildman–Crippen LogP) is 3.74. The van der Waals surface area contributed by atoms with Gasteiger partial charge in [0.1, 0.15) is 0 Å². The summed E-state index contributed by atoms with van der Waals surface area (Å²) in [6.07, 6.45) is 1.84. The number of aryl methyl sites for hydroxylation is 1. The van der Waals surface area contributed by atoms with Gasteiger partial charge in [-0.3, -0.25) is 4.98 Å². The normalized spacial score (nSPS) is 10.6. The molecule has 0 aliphatic heterocycles. The minimum absolute atomic E-state index is 0.922. The van der Waals surface area contributed by atoms with Crippen LogP contribution in [0.3, 0.4) is 0 Å². The third kappa shape index (κ3) is 1.84. The Balaban J connectivity index is 2.78. The van der Waals surface area contributed by atoms with E-state index in [4.69, 9.17) is 0 Å². The summed E-state index contributed by atoms with van der Waals surface area (Å²) in [6, 6.07) is 6.17. The molecule has 2 rings (SSSR count). The molecule has 1 heterocycles. The molecule has 15 heavy (non-hydrogen) atoms. The smallest absolute Gasteiger partial charge is 0.0867 e. The van der Waals surface area contributed by atoms with E-state index in [1.807, 2.05) is 18.3 Å². The zero-order valence-electron chi connectivity index (χ0n) is 8.84. The van der Waals surface area contributed by atoms with E-state index >= 15 is 0 Å². The van der Waals surface area contributed by atoms with Crippen LogP contribution < -0.4 is 5.32 Å². The maximum absolute atomic E-state index is 4.40. The Morgan fingerprint density at radius 3 is 2.87 bits per heavy atom. The van der Waals surface area contributed by atoms with Crippen molar-refractivity contribution in [3.8, 4) is 0 Å². The zero-order chi connectivity index (χ0) is 10.8. The largest absolute Gasteiger partial charge is 0.385 e. The number of aromatic nitrogens is 1. The monoisotopic (exact) mass is 264 g/mol. The molecular weight excluding hydrogens is 252 g/mol. The van der Waals surface area contributed by atoms with E-state index in [0.717, 1.165) is 22.2 Å². The second-order valence-corrected chi connectivity index (χ2v) is 4.33. The molecule has 0 aliphatic carbocycles. The summed E-state index contributed by atoms with van der Waals surface area (Å²) in [6.45, 7) is 5.13. The number of pyridine rings is 1. The van der Waals surface area contributed by atoms with Crippen LogP contribution in [0.25, 0.3) is 10.9 Å². The fraction of sp³-hybridized carbons (Fsp3) is 0.250. The standard InChI is InChI=1S/C12H13BrN2/c1-3-14-10-6-7-15-12-9(13)5-4-8(2)11(10)12/h4-7H,3H2,1-2H3,(H,14,15). The van der Waals surface area contributed by atoms with Crippen molar-refractivity contribution < 1.29 is 0 Å². The van der Waals surface area contributed by atoms with Crippen molar-refractivity contribution in [2.24, 2.45) is 0 Å². The second kappa shape index (κ2) is 4.19. The van der Waals surface area contributed by atoms with Crippen LogP contribution in [-0.4, -0.2) is 11.5 Å². The molecule has 0 bridgehead atoms. The summed E-state index contributed by atoms with van der Waals surface area (Å²) in [5.74, 6) is 0. The third-order valence-electron chi connectivity index (χ3n) is 2.42. The van der Waals surface area contributed by atoms with Gasteiger partial charge in [0.05, 0.1) is 5.52 Å². The molecule has 0 atom stereocenters. The maximum atomic E-state index is 4.40. The molecule has 0 amide bonds. The molecule has 0 saturated carbocycles. The van der Waals surface area contributed by atoms with E-state index in [2.05, 4.69) is 46.1 Å². The molecule has 0 unspecified atom stereocenters. The van der Waals surface area contributed by atoms with Crippen molar-refractivity contribution in [2.75, 3.05) is 11.9 Å². The molecule has 78 valence electrons. The number of benzene rings is 1. The minimum Gasteiger partial charge on any atom is -0.385 e. The zero-order valence-corrected chi connectivity index (χ0v) is 10.4. The van der Waals surface area contributed by atoms with E-state index < -0.39 is 0 Å². The molecule has 2 aromatic rings. The number of nitrogens with zero attached hydrogens (tertiary/aromatic N) is 1. The van der Waals surface area contributed by atoms with Crippen molar-refractivity contribution in [3.63, 3.8) is 0 Å². The second-order valence-electron chi connectivity index (χ2n) is 3.48. The number of halogens is 1. The quantitative estimate of drug-likeness (QED) is 0.894. The van der Waals surface area contributed by atoms with Crippen LogP contribution in [0.15, 0.2) is 28.9 Å². The summed E-state index contributed by atoms with van der Waals surface area (Å²) < 4.78 is 1.04. The highest BCUT2D eigenvalue weighted by molar-refractivity contribution is 9.10. The Hall–Kier alpha value is -1.09. The molecule has 1 N–H and O–H groups in total. The predicted molar refractivity (Wildman–Crippen MR) is 68.3 cm³/mol. The Morgan fingerprint density at radius 2 is 2.13 bits per heavy atom. The molecule has 1 aromatic carbocycles. The maximum Gasteiger partial charge on any atom is 0.0867 e. The van der Waals surface area contributed by atoms with Crippen LogP contribution in [0.2, 0.25) is 0 Å². The van der Waals surface area contributed by atoms with E-state index in [1.54, 1.807) is 0 Å². The van der Waals surface area contributed by atoms with Crippen LogP contribution in [0, 0.1) is 6.92 Å². The van der Waals surface area contributed by atoms with E-state index in [0.29, 0.717) is 0 Å². The summed E-state index contributed by atoms with van der Waals surface area (Å²) in [7, 11) is 0. The molecule has 0 saturated heterocycles. The lowest BCUT2D eigenvalue weighted by molar-refractivity contribution is 1.21. The first-order valence-corrected chi connectivity index (χ1v) is 5.81. The third-order valence-corrected chi connectivity index (χ3v) is 3.06. The van der Waals surface area contributed by atoms with Crippen LogP contribution in [0.5, 0.6) is 0 Å². The lowest BCUT2D eigenvalue weighted by Crippen LogP contribution is -1.99. The van der Waals surface area contributed by atoms with Gasteiger partial charge in [0, 0.05) is 28.3 Å². The van der Waals surface area contributed by atoms with Crippen molar-refractivity contribution in [2.45, 2.75) is 13.8 Å². The van der Waals surface area contributed by atoms with Gasteiger partial charge in [-0.25, -0.2) is 0 Å². The average molecular weight is 265 g/mol. The highest BCUT2D eigenvalue weighted by Gasteiger charge is 2.06. The van der Waals surface area contributed by atoms with Crippen LogP contribution in [0.1, 0.15) is 12.5 Å².